The summed E-state index contributed by atoms with van der Waals surface area (Å²) < 4.78 is 6.15. The maximum absolute atomic E-state index is 12.0. The first-order valence-electron chi connectivity index (χ1n) is 6.48. The van der Waals surface area contributed by atoms with E-state index < -0.39 is 0 Å². The molecule has 0 saturated heterocycles. The van der Waals surface area contributed by atoms with Crippen LogP contribution in [0.2, 0.25) is 4.34 Å². The Labute approximate surface area is 140 Å². The van der Waals surface area contributed by atoms with Crippen LogP contribution in [-0.4, -0.2) is 21.7 Å². The van der Waals surface area contributed by atoms with Crippen LogP contribution in [0.25, 0.3) is 0 Å². The van der Waals surface area contributed by atoms with E-state index in [2.05, 4.69) is 10.2 Å². The second-order valence-corrected chi connectivity index (χ2v) is 7.08. The lowest BCUT2D eigenvalue weighted by molar-refractivity contribution is 0.102. The van der Waals surface area contributed by atoms with Gasteiger partial charge in [-0.15, -0.1) is 21.5 Å². The van der Waals surface area contributed by atoms with E-state index in [9.17, 15) is 4.79 Å². The third kappa shape index (κ3) is 3.97. The van der Waals surface area contributed by atoms with Crippen LogP contribution in [-0.2, 0) is 6.42 Å². The fourth-order valence-corrected chi connectivity index (χ4v) is 3.54. The van der Waals surface area contributed by atoms with Crippen molar-refractivity contribution in [1.29, 1.82) is 0 Å². The second kappa shape index (κ2) is 7.09. The standard InChI is InChI=1S/C15H11ClN2O2S2/c16-13-7-6-12(22-13)11(19)9-21-15-18-17-14(20-15)8-10-4-2-1-3-5-10/h1-7H,8-9H2. The van der Waals surface area contributed by atoms with Crippen molar-refractivity contribution >= 4 is 40.5 Å². The molecule has 112 valence electrons. The number of Topliss-reactive ketones (excluding diaryl/α,β-unsaturated/α-hetero) is 1. The fraction of sp³-hybridized carbons (Fsp3) is 0.133. The number of nitrogens with zero attached hydrogens (tertiary/aromatic N) is 2. The molecule has 22 heavy (non-hydrogen) atoms. The van der Waals surface area contributed by atoms with Crippen molar-refractivity contribution in [1.82, 2.24) is 10.2 Å². The number of ketones is 1. The largest absolute Gasteiger partial charge is 0.416 e. The van der Waals surface area contributed by atoms with Gasteiger partial charge in [-0.2, -0.15) is 0 Å². The molecule has 2 heterocycles. The average Bonchev–Trinajstić information content (AvgIpc) is 3.15. The van der Waals surface area contributed by atoms with Crippen LogP contribution in [0.3, 0.4) is 0 Å². The number of hydrogen-bond donors (Lipinski definition) is 0. The number of carbonyl (C=O) groups excluding carboxylic acids is 1. The van der Waals surface area contributed by atoms with Crippen molar-refractivity contribution in [3.8, 4) is 0 Å². The van der Waals surface area contributed by atoms with Crippen LogP contribution in [0.15, 0.2) is 52.1 Å². The van der Waals surface area contributed by atoms with Gasteiger partial charge in [0.25, 0.3) is 5.22 Å². The Morgan fingerprint density at radius 3 is 2.73 bits per heavy atom. The van der Waals surface area contributed by atoms with Gasteiger partial charge in [0.1, 0.15) is 0 Å². The Bertz CT molecular complexity index is 771. The normalized spacial score (nSPS) is 10.8. The van der Waals surface area contributed by atoms with Gasteiger partial charge in [0.05, 0.1) is 21.4 Å². The molecule has 0 fully saturated rings. The predicted molar refractivity (Wildman–Crippen MR) is 87.9 cm³/mol. The highest BCUT2D eigenvalue weighted by Gasteiger charge is 2.13. The molecule has 0 amide bonds. The molecule has 0 atom stereocenters. The molecule has 0 saturated carbocycles. The van der Waals surface area contributed by atoms with E-state index in [1.165, 1.54) is 23.1 Å². The van der Waals surface area contributed by atoms with Gasteiger partial charge in [0, 0.05) is 0 Å². The highest BCUT2D eigenvalue weighted by molar-refractivity contribution is 7.99. The summed E-state index contributed by atoms with van der Waals surface area (Å²) in [7, 11) is 0. The van der Waals surface area contributed by atoms with Gasteiger partial charge in [-0.1, -0.05) is 53.7 Å². The fourth-order valence-electron chi connectivity index (χ4n) is 1.80. The third-order valence-corrected chi connectivity index (χ3v) is 4.91. The van der Waals surface area contributed by atoms with E-state index in [0.29, 0.717) is 26.7 Å². The molecule has 3 rings (SSSR count). The summed E-state index contributed by atoms with van der Waals surface area (Å²) in [6, 6.07) is 13.3. The molecule has 3 aromatic rings. The van der Waals surface area contributed by atoms with E-state index in [1.807, 2.05) is 30.3 Å². The number of carbonyl (C=O) groups is 1. The minimum Gasteiger partial charge on any atom is -0.416 e. The first-order chi connectivity index (χ1) is 10.7. The summed E-state index contributed by atoms with van der Waals surface area (Å²) in [4.78, 5) is 12.6. The number of thioether (sulfide) groups is 1. The van der Waals surface area contributed by atoms with Crippen molar-refractivity contribution in [2.45, 2.75) is 11.6 Å². The van der Waals surface area contributed by atoms with Crippen LogP contribution in [0.4, 0.5) is 0 Å². The van der Waals surface area contributed by atoms with Crippen LogP contribution >= 0.6 is 34.7 Å². The highest BCUT2D eigenvalue weighted by atomic mass is 35.5. The zero-order valence-electron chi connectivity index (χ0n) is 11.4. The minimum atomic E-state index is 0.00436. The summed E-state index contributed by atoms with van der Waals surface area (Å²) in [6.07, 6.45) is 0.586. The van der Waals surface area contributed by atoms with Gasteiger partial charge in [-0.05, 0) is 17.7 Å². The molecule has 0 aliphatic carbocycles. The molecule has 0 aliphatic heterocycles. The third-order valence-electron chi connectivity index (χ3n) is 2.82. The van der Waals surface area contributed by atoms with Crippen molar-refractivity contribution in [3.63, 3.8) is 0 Å². The molecule has 0 radical (unpaired) electrons. The van der Waals surface area contributed by atoms with Crippen LogP contribution in [0, 0.1) is 0 Å². The maximum atomic E-state index is 12.0. The molecular weight excluding hydrogens is 340 g/mol. The average molecular weight is 351 g/mol. The van der Waals surface area contributed by atoms with Crippen LogP contribution in [0.5, 0.6) is 0 Å². The second-order valence-electron chi connectivity index (χ2n) is 4.44. The van der Waals surface area contributed by atoms with Crippen molar-refractivity contribution in [3.05, 3.63) is 63.1 Å². The van der Waals surface area contributed by atoms with E-state index >= 15 is 0 Å². The summed E-state index contributed by atoms with van der Waals surface area (Å²) in [5.74, 6) is 0.800. The molecular formula is C15H11ClN2O2S2. The van der Waals surface area contributed by atoms with Crippen LogP contribution < -0.4 is 0 Å². The molecule has 0 unspecified atom stereocenters. The first-order valence-corrected chi connectivity index (χ1v) is 8.66. The van der Waals surface area contributed by atoms with Gasteiger partial charge in [-0.3, -0.25) is 4.79 Å². The summed E-state index contributed by atoms with van der Waals surface area (Å²) in [5.41, 5.74) is 1.10. The smallest absolute Gasteiger partial charge is 0.277 e. The number of halogens is 1. The highest BCUT2D eigenvalue weighted by Crippen LogP contribution is 2.24. The molecule has 4 nitrogen and oxygen atoms in total. The topological polar surface area (TPSA) is 56.0 Å². The van der Waals surface area contributed by atoms with Gasteiger partial charge >= 0.3 is 0 Å². The first kappa shape index (κ1) is 15.3. The molecule has 0 N–H and O–H groups in total. The zero-order chi connectivity index (χ0) is 15.4. The Kier molecular flexibility index (Phi) is 4.92. The molecule has 2 aromatic heterocycles. The van der Waals surface area contributed by atoms with E-state index in [0.717, 1.165) is 5.56 Å². The van der Waals surface area contributed by atoms with Gasteiger partial charge in [0.2, 0.25) is 5.89 Å². The summed E-state index contributed by atoms with van der Waals surface area (Å²) in [6.45, 7) is 0. The summed E-state index contributed by atoms with van der Waals surface area (Å²) >= 11 is 8.33. The monoisotopic (exact) mass is 350 g/mol. The molecule has 7 heteroatoms. The lowest BCUT2D eigenvalue weighted by atomic mass is 10.2. The van der Waals surface area contributed by atoms with Gasteiger partial charge in [-0.25, -0.2) is 0 Å². The Balaban J connectivity index is 1.57. The van der Waals surface area contributed by atoms with Gasteiger partial charge in [0.15, 0.2) is 5.78 Å². The van der Waals surface area contributed by atoms with Crippen molar-refractivity contribution in [2.75, 3.05) is 5.75 Å². The van der Waals surface area contributed by atoms with Crippen LogP contribution in [0.1, 0.15) is 21.1 Å². The van der Waals surface area contributed by atoms with Crippen molar-refractivity contribution < 1.29 is 9.21 Å². The minimum absolute atomic E-state index is 0.00436. The molecule has 0 bridgehead atoms. The predicted octanol–water partition coefficient (Wildman–Crippen LogP) is 4.35. The molecule has 0 aliphatic rings. The lowest BCUT2D eigenvalue weighted by Gasteiger charge is -1.95. The van der Waals surface area contributed by atoms with Crippen molar-refractivity contribution in [2.24, 2.45) is 0 Å². The molecule has 1 aromatic carbocycles. The zero-order valence-corrected chi connectivity index (χ0v) is 13.7. The van der Waals surface area contributed by atoms with Gasteiger partial charge < -0.3 is 4.42 Å². The number of thiophene rings is 1. The number of rotatable bonds is 6. The lowest BCUT2D eigenvalue weighted by Crippen LogP contribution is -1.98. The Hall–Kier alpha value is -1.63. The van der Waals surface area contributed by atoms with E-state index in [-0.39, 0.29) is 11.5 Å². The van der Waals surface area contributed by atoms with E-state index in [1.54, 1.807) is 12.1 Å². The van der Waals surface area contributed by atoms with E-state index in [4.69, 9.17) is 16.0 Å². The quantitative estimate of drug-likeness (QED) is 0.488. The summed E-state index contributed by atoms with van der Waals surface area (Å²) in [5, 5.41) is 8.36. The Morgan fingerprint density at radius 1 is 1.18 bits per heavy atom. The number of benzene rings is 1. The SMILES string of the molecule is O=C(CSc1nnc(Cc2ccccc2)o1)c1ccc(Cl)s1. The molecule has 0 spiro atoms. The number of aromatic nitrogens is 2. The number of hydrogen-bond acceptors (Lipinski definition) is 6. The Morgan fingerprint density at radius 2 is 2.00 bits per heavy atom. The maximum Gasteiger partial charge on any atom is 0.277 e.